The number of carbonyl (C=O) groups is 2. The summed E-state index contributed by atoms with van der Waals surface area (Å²) >= 11 is 0. The highest BCUT2D eigenvalue weighted by molar-refractivity contribution is 6.03. The summed E-state index contributed by atoms with van der Waals surface area (Å²) in [7, 11) is 0. The van der Waals surface area contributed by atoms with Crippen molar-refractivity contribution >= 4 is 11.9 Å². The lowest BCUT2D eigenvalue weighted by molar-refractivity contribution is 0.0689. The molecule has 1 fully saturated rings. The third kappa shape index (κ3) is 2.03. The molecule has 5 nitrogen and oxygen atoms in total. The summed E-state index contributed by atoms with van der Waals surface area (Å²) < 4.78 is 0. The van der Waals surface area contributed by atoms with Crippen molar-refractivity contribution in [2.75, 3.05) is 0 Å². The number of hydrogen-bond donors (Lipinski definition) is 2. The molecular formula is C11H12N2O3. The van der Waals surface area contributed by atoms with E-state index in [1.165, 1.54) is 18.3 Å². The van der Waals surface area contributed by atoms with Crippen LogP contribution in [0.1, 0.15) is 40.6 Å². The lowest BCUT2D eigenvalue weighted by Crippen LogP contribution is -2.35. The van der Waals surface area contributed by atoms with E-state index in [2.05, 4.69) is 10.3 Å². The maximum absolute atomic E-state index is 11.8. The van der Waals surface area contributed by atoms with E-state index in [1.54, 1.807) is 0 Å². The first-order valence-electron chi connectivity index (χ1n) is 5.03. The van der Waals surface area contributed by atoms with Crippen LogP contribution in [0.2, 0.25) is 0 Å². The third-order valence-corrected chi connectivity index (χ3v) is 2.67. The Morgan fingerprint density at radius 2 is 2.19 bits per heavy atom. The monoisotopic (exact) mass is 220 g/mol. The summed E-state index contributed by atoms with van der Waals surface area (Å²) in [5, 5.41) is 11.7. The molecule has 0 aliphatic heterocycles. The molecule has 0 atom stereocenters. The van der Waals surface area contributed by atoms with Crippen LogP contribution in [0.5, 0.6) is 0 Å². The first kappa shape index (κ1) is 10.6. The molecule has 1 aliphatic carbocycles. The molecule has 16 heavy (non-hydrogen) atoms. The molecule has 2 N–H and O–H groups in total. The van der Waals surface area contributed by atoms with Gasteiger partial charge in [0, 0.05) is 11.7 Å². The molecule has 2 rings (SSSR count). The predicted octanol–water partition coefficient (Wildman–Crippen LogP) is 1.06. The van der Waals surface area contributed by atoms with Crippen molar-refractivity contribution in [3.8, 4) is 0 Å². The highest BCUT2D eigenvalue weighted by Gasteiger charge is 2.39. The summed E-state index contributed by atoms with van der Waals surface area (Å²) in [4.78, 5) is 26.5. The van der Waals surface area contributed by atoms with Crippen LogP contribution in [0.25, 0.3) is 0 Å². The summed E-state index contributed by atoms with van der Waals surface area (Å²) in [6, 6.07) is 2.87. The molecule has 0 radical (unpaired) electrons. The molecule has 0 saturated heterocycles. The smallest absolute Gasteiger partial charge is 0.338 e. The summed E-state index contributed by atoms with van der Waals surface area (Å²) in [5.41, 5.74) is -0.267. The van der Waals surface area contributed by atoms with Crippen LogP contribution >= 0.6 is 0 Å². The van der Waals surface area contributed by atoms with Crippen LogP contribution in [0.15, 0.2) is 18.3 Å². The fraction of sp³-hybridized carbons (Fsp3) is 0.364. The van der Waals surface area contributed by atoms with E-state index in [0.29, 0.717) is 0 Å². The van der Waals surface area contributed by atoms with Gasteiger partial charge in [0.15, 0.2) is 0 Å². The molecule has 1 aromatic heterocycles. The van der Waals surface area contributed by atoms with Gasteiger partial charge in [0.05, 0.1) is 5.56 Å². The summed E-state index contributed by atoms with van der Waals surface area (Å²) in [6.45, 7) is 1.92. The SMILES string of the molecule is CC1(NC(=O)c2ncccc2C(=O)O)CC1. The van der Waals surface area contributed by atoms with Gasteiger partial charge in [-0.2, -0.15) is 0 Å². The minimum absolute atomic E-state index is 0.0249. The molecule has 0 bridgehead atoms. The minimum Gasteiger partial charge on any atom is -0.478 e. The Labute approximate surface area is 92.5 Å². The second kappa shape index (κ2) is 3.59. The Balaban J connectivity index is 2.25. The minimum atomic E-state index is -1.14. The number of amides is 1. The maximum Gasteiger partial charge on any atom is 0.338 e. The molecular weight excluding hydrogens is 208 g/mol. The van der Waals surface area contributed by atoms with E-state index in [9.17, 15) is 9.59 Å². The molecule has 84 valence electrons. The number of carbonyl (C=O) groups excluding carboxylic acids is 1. The molecule has 0 spiro atoms. The largest absolute Gasteiger partial charge is 0.478 e. The van der Waals surface area contributed by atoms with E-state index < -0.39 is 11.9 Å². The number of hydrogen-bond acceptors (Lipinski definition) is 3. The van der Waals surface area contributed by atoms with Crippen molar-refractivity contribution in [1.29, 1.82) is 0 Å². The summed E-state index contributed by atoms with van der Waals surface area (Å²) in [5.74, 6) is -1.56. The highest BCUT2D eigenvalue weighted by atomic mass is 16.4. The van der Waals surface area contributed by atoms with Gasteiger partial charge in [-0.1, -0.05) is 0 Å². The van der Waals surface area contributed by atoms with Crippen molar-refractivity contribution in [1.82, 2.24) is 10.3 Å². The number of rotatable bonds is 3. The molecule has 0 aromatic carbocycles. The first-order chi connectivity index (χ1) is 7.52. The van der Waals surface area contributed by atoms with Gasteiger partial charge in [-0.25, -0.2) is 4.79 Å². The van der Waals surface area contributed by atoms with Gasteiger partial charge < -0.3 is 10.4 Å². The number of carboxylic acid groups (broad SMARTS) is 1. The molecule has 0 unspecified atom stereocenters. The van der Waals surface area contributed by atoms with Gasteiger partial charge in [0.25, 0.3) is 5.91 Å². The Kier molecular flexibility index (Phi) is 2.38. The van der Waals surface area contributed by atoms with Crippen LogP contribution in [-0.4, -0.2) is 27.5 Å². The van der Waals surface area contributed by atoms with Crippen LogP contribution in [0.4, 0.5) is 0 Å². The van der Waals surface area contributed by atoms with Crippen LogP contribution in [0.3, 0.4) is 0 Å². The Bertz CT molecular complexity index is 452. The van der Waals surface area contributed by atoms with Crippen molar-refractivity contribution in [2.24, 2.45) is 0 Å². The second-order valence-electron chi connectivity index (χ2n) is 4.22. The molecule has 1 amide bonds. The standard InChI is InChI=1S/C11H12N2O3/c1-11(4-5-11)13-9(14)8-7(10(15)16)3-2-6-12-8/h2-3,6H,4-5H2,1H3,(H,13,14)(H,15,16). The van der Waals surface area contributed by atoms with E-state index >= 15 is 0 Å². The average Bonchev–Trinajstić information content (AvgIpc) is 2.96. The fourth-order valence-corrected chi connectivity index (χ4v) is 1.40. The lowest BCUT2D eigenvalue weighted by Gasteiger charge is -2.11. The zero-order valence-electron chi connectivity index (χ0n) is 8.86. The lowest BCUT2D eigenvalue weighted by atomic mass is 10.1. The highest BCUT2D eigenvalue weighted by Crippen LogP contribution is 2.34. The molecule has 5 heteroatoms. The Morgan fingerprint density at radius 1 is 1.50 bits per heavy atom. The maximum atomic E-state index is 11.8. The first-order valence-corrected chi connectivity index (χ1v) is 5.03. The molecule has 1 aliphatic rings. The summed E-state index contributed by atoms with van der Waals surface area (Å²) in [6.07, 6.45) is 3.26. The Hall–Kier alpha value is -1.91. The number of aromatic nitrogens is 1. The third-order valence-electron chi connectivity index (χ3n) is 2.67. The fourth-order valence-electron chi connectivity index (χ4n) is 1.40. The van der Waals surface area contributed by atoms with Gasteiger partial charge in [-0.3, -0.25) is 9.78 Å². The van der Waals surface area contributed by atoms with Crippen molar-refractivity contribution in [2.45, 2.75) is 25.3 Å². The quantitative estimate of drug-likeness (QED) is 0.798. The van der Waals surface area contributed by atoms with E-state index in [-0.39, 0.29) is 16.8 Å². The van der Waals surface area contributed by atoms with Gasteiger partial charge in [-0.05, 0) is 31.9 Å². The number of nitrogens with zero attached hydrogens (tertiary/aromatic N) is 1. The molecule has 1 saturated carbocycles. The van der Waals surface area contributed by atoms with Crippen molar-refractivity contribution < 1.29 is 14.7 Å². The zero-order valence-corrected chi connectivity index (χ0v) is 8.86. The van der Waals surface area contributed by atoms with Crippen LogP contribution in [0, 0.1) is 0 Å². The molecule has 1 heterocycles. The number of pyridine rings is 1. The number of carboxylic acids is 1. The average molecular weight is 220 g/mol. The zero-order chi connectivity index (χ0) is 11.8. The Morgan fingerprint density at radius 3 is 2.75 bits per heavy atom. The number of aromatic carboxylic acids is 1. The van der Waals surface area contributed by atoms with E-state index in [0.717, 1.165) is 12.8 Å². The van der Waals surface area contributed by atoms with Gasteiger partial charge in [0.1, 0.15) is 5.69 Å². The normalized spacial score (nSPS) is 16.6. The van der Waals surface area contributed by atoms with Crippen LogP contribution < -0.4 is 5.32 Å². The van der Waals surface area contributed by atoms with Gasteiger partial charge >= 0.3 is 5.97 Å². The predicted molar refractivity (Wildman–Crippen MR) is 56.3 cm³/mol. The van der Waals surface area contributed by atoms with Crippen molar-refractivity contribution in [3.05, 3.63) is 29.6 Å². The van der Waals surface area contributed by atoms with Gasteiger partial charge in [-0.15, -0.1) is 0 Å². The van der Waals surface area contributed by atoms with Gasteiger partial charge in [0.2, 0.25) is 0 Å². The molecule has 1 aromatic rings. The van der Waals surface area contributed by atoms with E-state index in [4.69, 9.17) is 5.11 Å². The number of nitrogens with one attached hydrogen (secondary N) is 1. The van der Waals surface area contributed by atoms with Crippen LogP contribution in [-0.2, 0) is 0 Å². The topological polar surface area (TPSA) is 79.3 Å². The second-order valence-corrected chi connectivity index (χ2v) is 4.22. The van der Waals surface area contributed by atoms with Crippen molar-refractivity contribution in [3.63, 3.8) is 0 Å². The van der Waals surface area contributed by atoms with E-state index in [1.807, 2.05) is 6.92 Å².